The predicted molar refractivity (Wildman–Crippen MR) is 40.7 cm³/mol. The number of alkyl halides is 3. The van der Waals surface area contributed by atoms with E-state index >= 15 is 0 Å². The fourth-order valence-corrected chi connectivity index (χ4v) is 0.835. The average Bonchev–Trinajstić information content (AvgIpc) is 1.82. The molecule has 1 aromatic heterocycles. The Balaban J connectivity index is 2.77. The van der Waals surface area contributed by atoms with E-state index in [0.29, 0.717) is 0 Å². The summed E-state index contributed by atoms with van der Waals surface area (Å²) in [4.78, 5) is 3.52. The highest BCUT2D eigenvalue weighted by molar-refractivity contribution is 6.30. The summed E-state index contributed by atoms with van der Waals surface area (Å²) >= 11 is 9.94. The van der Waals surface area contributed by atoms with Gasteiger partial charge < -0.3 is 4.74 Å². The number of rotatable bonds is 2. The lowest BCUT2D eigenvalue weighted by molar-refractivity contribution is -0.0966. The smallest absolute Gasteiger partial charge is 0.418 e. The predicted octanol–water partition coefficient (Wildman–Crippen LogP) is 2.90. The molecule has 0 unspecified atom stereocenters. The van der Waals surface area contributed by atoms with Crippen LogP contribution in [-0.2, 0) is 0 Å². The highest BCUT2D eigenvalue weighted by atomic mass is 35.5. The molecule has 0 aliphatic rings. The molecule has 0 fully saturated rings. The molecule has 0 saturated heterocycles. The molecular weight excluding hydrogens is 211 g/mol. The van der Waals surface area contributed by atoms with Crippen LogP contribution in [0, 0.1) is 0 Å². The van der Waals surface area contributed by atoms with E-state index in [4.69, 9.17) is 11.6 Å². The molecule has 1 aromatic rings. The lowest BCUT2D eigenvalue weighted by Crippen LogP contribution is -2.15. The van der Waals surface area contributed by atoms with Crippen LogP contribution < -0.4 is 4.74 Å². The van der Waals surface area contributed by atoms with Gasteiger partial charge in [0.25, 0.3) is 0 Å². The van der Waals surface area contributed by atoms with Crippen molar-refractivity contribution in [3.63, 3.8) is 0 Å². The van der Waals surface area contributed by atoms with Gasteiger partial charge in [0.05, 0.1) is 11.2 Å². The van der Waals surface area contributed by atoms with Crippen molar-refractivity contribution in [2.45, 2.75) is 5.57 Å². The molecule has 0 radical (unpaired) electrons. The Morgan fingerprint density at radius 3 is 2.58 bits per heavy atom. The lowest BCUT2D eigenvalue weighted by Gasteiger charge is -2.09. The van der Waals surface area contributed by atoms with Crippen molar-refractivity contribution in [2.24, 2.45) is 0 Å². The van der Waals surface area contributed by atoms with Gasteiger partial charge in [-0.25, -0.2) is 0 Å². The summed E-state index contributed by atoms with van der Waals surface area (Å²) in [5.74, 6) is -0.178. The van der Waals surface area contributed by atoms with Gasteiger partial charge in [-0.3, -0.25) is 4.98 Å². The molecule has 0 saturated carbocycles. The first-order valence-electron chi connectivity index (χ1n) is 2.84. The summed E-state index contributed by atoms with van der Waals surface area (Å²) in [5, 5.41) is 0.202. The van der Waals surface area contributed by atoms with E-state index < -0.39 is 5.57 Å². The van der Waals surface area contributed by atoms with Crippen LogP contribution in [0.3, 0.4) is 0 Å². The third-order valence-corrected chi connectivity index (χ3v) is 1.20. The summed E-state index contributed by atoms with van der Waals surface area (Å²) in [6.07, 6.45) is 2.38. The number of aromatic nitrogens is 1. The number of nitrogens with zero attached hydrogens (tertiary/aromatic N) is 1. The van der Waals surface area contributed by atoms with Crippen molar-refractivity contribution in [3.05, 3.63) is 23.5 Å². The molecule has 0 atom stereocenters. The second kappa shape index (κ2) is 3.41. The Kier molecular flexibility index (Phi) is 2.69. The minimum absolute atomic E-state index is 0.178. The number of hydrogen-bond donors (Lipinski definition) is 0. The largest absolute Gasteiger partial charge is 0.487 e. The van der Waals surface area contributed by atoms with Gasteiger partial charge in [0.2, 0.25) is 0 Å². The zero-order valence-electron chi connectivity index (χ0n) is 5.60. The minimum atomic E-state index is -3.73. The van der Waals surface area contributed by atoms with Gasteiger partial charge in [0.15, 0.2) is 0 Å². The van der Waals surface area contributed by atoms with Gasteiger partial charge in [-0.1, -0.05) is 11.6 Å². The third-order valence-electron chi connectivity index (χ3n) is 0.913. The molecule has 6 heteroatoms. The number of hydrogen-bond acceptors (Lipinski definition) is 2. The molecule has 0 amide bonds. The quantitative estimate of drug-likeness (QED) is 0.706. The van der Waals surface area contributed by atoms with E-state index in [1.165, 1.54) is 12.3 Å². The molecule has 12 heavy (non-hydrogen) atoms. The van der Waals surface area contributed by atoms with Crippen molar-refractivity contribution in [3.8, 4) is 5.75 Å². The maximum Gasteiger partial charge on any atom is 0.487 e. The van der Waals surface area contributed by atoms with Gasteiger partial charge in [0, 0.05) is 23.9 Å². The summed E-state index contributed by atoms with van der Waals surface area (Å²) in [6, 6.07) is 1.19. The van der Waals surface area contributed by atoms with Crippen LogP contribution in [0.4, 0.5) is 8.78 Å². The fourth-order valence-electron chi connectivity index (χ4n) is 0.582. The molecule has 1 rings (SSSR count). The molecular formula is C6H3Cl2F2NO. The Labute approximate surface area is 77.1 Å². The van der Waals surface area contributed by atoms with E-state index in [-0.39, 0.29) is 10.8 Å². The topological polar surface area (TPSA) is 22.1 Å². The van der Waals surface area contributed by atoms with Crippen molar-refractivity contribution >= 4 is 23.2 Å². The molecule has 2 nitrogen and oxygen atoms in total. The van der Waals surface area contributed by atoms with E-state index in [1.54, 1.807) is 0 Å². The van der Waals surface area contributed by atoms with E-state index in [1.807, 2.05) is 0 Å². The first-order valence-corrected chi connectivity index (χ1v) is 3.59. The summed E-state index contributed by atoms with van der Waals surface area (Å²) < 4.78 is 28.0. The molecule has 0 aromatic carbocycles. The zero-order chi connectivity index (χ0) is 9.19. The van der Waals surface area contributed by atoms with Crippen LogP contribution in [-0.4, -0.2) is 10.6 Å². The van der Waals surface area contributed by atoms with Gasteiger partial charge in [0.1, 0.15) is 5.75 Å². The van der Waals surface area contributed by atoms with Gasteiger partial charge in [-0.15, -0.1) is 8.78 Å². The lowest BCUT2D eigenvalue weighted by atomic mass is 10.5. The first-order chi connectivity index (χ1) is 5.47. The maximum absolute atomic E-state index is 12.0. The fraction of sp³-hybridized carbons (Fsp3) is 0.167. The molecule has 1 heterocycles. The number of halogens is 4. The Morgan fingerprint density at radius 2 is 2.08 bits per heavy atom. The molecule has 0 N–H and O–H groups in total. The van der Waals surface area contributed by atoms with E-state index in [9.17, 15) is 8.78 Å². The number of pyridine rings is 1. The minimum Gasteiger partial charge on any atom is -0.418 e. The highest BCUT2D eigenvalue weighted by Gasteiger charge is 2.27. The summed E-state index contributed by atoms with van der Waals surface area (Å²) in [5.41, 5.74) is -3.73. The summed E-state index contributed by atoms with van der Waals surface area (Å²) in [7, 11) is 0. The second-order valence-corrected chi connectivity index (χ2v) is 2.76. The Bertz CT molecular complexity index is 276. The van der Waals surface area contributed by atoms with Crippen molar-refractivity contribution in [2.75, 3.05) is 0 Å². The van der Waals surface area contributed by atoms with Gasteiger partial charge in [-0.2, -0.15) is 0 Å². The van der Waals surface area contributed by atoms with E-state index in [0.717, 1.165) is 6.20 Å². The Hall–Kier alpha value is -0.610. The molecule has 0 aliphatic carbocycles. The maximum atomic E-state index is 12.0. The van der Waals surface area contributed by atoms with Crippen molar-refractivity contribution in [1.82, 2.24) is 4.98 Å². The normalized spacial score (nSPS) is 11.3. The third kappa shape index (κ3) is 3.19. The van der Waals surface area contributed by atoms with Crippen molar-refractivity contribution < 1.29 is 13.5 Å². The zero-order valence-corrected chi connectivity index (χ0v) is 7.11. The first kappa shape index (κ1) is 9.48. The van der Waals surface area contributed by atoms with Crippen LogP contribution >= 0.6 is 23.2 Å². The van der Waals surface area contributed by atoms with Crippen LogP contribution in [0.5, 0.6) is 5.75 Å². The summed E-state index contributed by atoms with van der Waals surface area (Å²) in [6.45, 7) is 0. The second-order valence-electron chi connectivity index (χ2n) is 1.89. The van der Waals surface area contributed by atoms with Gasteiger partial charge in [-0.05, 0) is 0 Å². The van der Waals surface area contributed by atoms with Crippen LogP contribution in [0.2, 0.25) is 5.02 Å². The van der Waals surface area contributed by atoms with Crippen LogP contribution in [0.15, 0.2) is 18.5 Å². The molecule has 0 bridgehead atoms. The molecule has 0 aliphatic heterocycles. The van der Waals surface area contributed by atoms with Crippen molar-refractivity contribution in [1.29, 1.82) is 0 Å². The highest BCUT2D eigenvalue weighted by Crippen LogP contribution is 2.25. The molecule has 0 spiro atoms. The number of ether oxygens (including phenoxy) is 1. The van der Waals surface area contributed by atoms with Crippen LogP contribution in [0.25, 0.3) is 0 Å². The average molecular weight is 214 g/mol. The molecule has 66 valence electrons. The standard InChI is InChI=1S/C6H3Cl2F2NO/c7-4-1-5(3-11-2-4)12-6(8,9)10/h1-3H. The monoisotopic (exact) mass is 213 g/mol. The Morgan fingerprint density at radius 1 is 1.42 bits per heavy atom. The van der Waals surface area contributed by atoms with E-state index in [2.05, 4.69) is 21.3 Å². The SMILES string of the molecule is FC(F)(Cl)Oc1cncc(Cl)c1. The van der Waals surface area contributed by atoms with Gasteiger partial charge >= 0.3 is 5.57 Å². The van der Waals surface area contributed by atoms with Crippen LogP contribution in [0.1, 0.15) is 0 Å².